The number of hydrogen-bond donors (Lipinski definition) is 5. The van der Waals surface area contributed by atoms with Crippen molar-refractivity contribution in [2.75, 3.05) is 45.2 Å². The van der Waals surface area contributed by atoms with Crippen molar-refractivity contribution in [1.82, 2.24) is 35.2 Å². The quantitative estimate of drug-likeness (QED) is 0.168. The van der Waals surface area contributed by atoms with Gasteiger partial charge in [-0.3, -0.25) is 14.0 Å². The average molecular weight is 623 g/mol. The van der Waals surface area contributed by atoms with Crippen LogP contribution in [0.2, 0.25) is 0 Å². The van der Waals surface area contributed by atoms with Gasteiger partial charge in [0.05, 0.1) is 19.0 Å². The predicted molar refractivity (Wildman–Crippen MR) is 161 cm³/mol. The van der Waals surface area contributed by atoms with Crippen LogP contribution in [-0.2, 0) is 11.2 Å². The summed E-state index contributed by atoms with van der Waals surface area (Å²) in [5.74, 6) is -3.31. The number of imidazole rings is 1. The summed E-state index contributed by atoms with van der Waals surface area (Å²) < 4.78 is 35.7. The highest BCUT2D eigenvalue weighted by Crippen LogP contribution is 2.31. The Kier molecular flexibility index (Phi) is 9.37. The van der Waals surface area contributed by atoms with E-state index in [1.807, 2.05) is 13.0 Å². The van der Waals surface area contributed by atoms with Gasteiger partial charge in [0.1, 0.15) is 6.04 Å². The summed E-state index contributed by atoms with van der Waals surface area (Å²) >= 11 is 0. The number of nitrogens with one attached hydrogen (secondary N) is 4. The molecule has 5 N–H and O–H groups in total. The van der Waals surface area contributed by atoms with E-state index >= 15 is 0 Å². The number of rotatable bonds is 10. The predicted octanol–water partition coefficient (Wildman–Crippen LogP) is 2.79. The first-order chi connectivity index (χ1) is 21.7. The number of anilines is 2. The fourth-order valence-corrected chi connectivity index (χ4v) is 5.07. The molecule has 1 saturated heterocycles. The molecule has 0 aliphatic carbocycles. The van der Waals surface area contributed by atoms with E-state index in [1.165, 1.54) is 36.5 Å². The number of carbonyl (C=O) groups excluding carboxylic acids is 2. The van der Waals surface area contributed by atoms with Gasteiger partial charge in [0, 0.05) is 61.9 Å². The van der Waals surface area contributed by atoms with Gasteiger partial charge in [0.25, 0.3) is 5.91 Å². The van der Waals surface area contributed by atoms with Crippen molar-refractivity contribution in [3.05, 3.63) is 71.7 Å². The molecule has 0 spiro atoms. The van der Waals surface area contributed by atoms with Crippen LogP contribution in [0.15, 0.2) is 48.9 Å². The standard InChI is InChI=1S/C30H32F2N8O5/c1-3-17-14-18(4-5-19(17)28(41)35-8-9-36-30(44)39-12-10-33-21(16-39)29(42)43)38-26-27-37-15-22(40(27)13-11-34-26)20-6-7-23(45-2)25(32)24(20)31/h4-7,11,13-15,21,33H,3,8-10,12,16H2,1-2H3,(H,34,38)(H,35,41)(H,36,44)(H,42,43)/t21-/m1/s1. The molecular formula is C30H32F2N8O5. The third kappa shape index (κ3) is 6.62. The largest absolute Gasteiger partial charge is 0.494 e. The van der Waals surface area contributed by atoms with Gasteiger partial charge >= 0.3 is 12.0 Å². The van der Waals surface area contributed by atoms with E-state index in [1.54, 1.807) is 22.7 Å². The Balaban J connectivity index is 1.23. The number of benzene rings is 2. The number of ether oxygens (including phenoxy) is 1. The molecule has 5 rings (SSSR count). The first kappa shape index (κ1) is 31.1. The second-order valence-corrected chi connectivity index (χ2v) is 10.2. The van der Waals surface area contributed by atoms with Crippen molar-refractivity contribution in [1.29, 1.82) is 0 Å². The van der Waals surface area contributed by atoms with Crippen LogP contribution < -0.4 is 26.0 Å². The molecule has 13 nitrogen and oxygen atoms in total. The van der Waals surface area contributed by atoms with Gasteiger partial charge in [-0.1, -0.05) is 6.92 Å². The normalized spacial score (nSPS) is 14.7. The maximum absolute atomic E-state index is 14.8. The SMILES string of the molecule is CCc1cc(Nc2nccn3c(-c4ccc(OC)c(F)c4F)cnc23)ccc1C(=O)NCCNC(=O)N1CCN[C@@H](C(=O)O)C1. The second-order valence-electron chi connectivity index (χ2n) is 10.2. The number of piperazine rings is 1. The third-order valence-electron chi connectivity index (χ3n) is 7.41. The summed E-state index contributed by atoms with van der Waals surface area (Å²) in [5, 5.41) is 20.7. The minimum Gasteiger partial charge on any atom is -0.494 e. The number of methoxy groups -OCH3 is 1. The van der Waals surface area contributed by atoms with Crippen LogP contribution in [0.1, 0.15) is 22.8 Å². The van der Waals surface area contributed by atoms with E-state index in [9.17, 15) is 23.2 Å². The summed E-state index contributed by atoms with van der Waals surface area (Å²) in [5.41, 5.74) is 2.57. The molecule has 1 atom stereocenters. The Bertz CT molecular complexity index is 1750. The molecule has 0 radical (unpaired) electrons. The number of halogens is 2. The van der Waals surface area contributed by atoms with E-state index in [0.717, 1.165) is 5.56 Å². The Morgan fingerprint density at radius 1 is 1.11 bits per heavy atom. The molecule has 15 heteroatoms. The van der Waals surface area contributed by atoms with Crippen molar-refractivity contribution in [3.8, 4) is 17.0 Å². The van der Waals surface area contributed by atoms with E-state index in [-0.39, 0.29) is 36.9 Å². The molecule has 1 aliphatic rings. The smallest absolute Gasteiger partial charge is 0.322 e. The fourth-order valence-electron chi connectivity index (χ4n) is 5.07. The fraction of sp³-hybridized carbons (Fsp3) is 0.300. The van der Waals surface area contributed by atoms with Crippen LogP contribution in [0, 0.1) is 11.6 Å². The molecule has 0 saturated carbocycles. The molecule has 3 amide bonds. The van der Waals surface area contributed by atoms with Gasteiger partial charge in [0.2, 0.25) is 5.82 Å². The lowest BCUT2D eigenvalue weighted by Crippen LogP contribution is -2.58. The van der Waals surface area contributed by atoms with Gasteiger partial charge in [-0.2, -0.15) is 4.39 Å². The number of aliphatic carboxylic acids is 1. The van der Waals surface area contributed by atoms with Gasteiger partial charge in [-0.15, -0.1) is 0 Å². The minimum absolute atomic E-state index is 0.0109. The van der Waals surface area contributed by atoms with Gasteiger partial charge in [-0.05, 0) is 42.3 Å². The van der Waals surface area contributed by atoms with Crippen LogP contribution in [-0.4, -0.2) is 88.2 Å². The molecule has 2 aromatic carbocycles. The summed E-state index contributed by atoms with van der Waals surface area (Å²) in [7, 11) is 1.26. The van der Waals surface area contributed by atoms with Crippen molar-refractivity contribution in [2.45, 2.75) is 19.4 Å². The monoisotopic (exact) mass is 622 g/mol. The van der Waals surface area contributed by atoms with Crippen molar-refractivity contribution < 1.29 is 33.0 Å². The third-order valence-corrected chi connectivity index (χ3v) is 7.41. The van der Waals surface area contributed by atoms with Gasteiger partial charge < -0.3 is 36.0 Å². The molecule has 2 aromatic heterocycles. The van der Waals surface area contributed by atoms with E-state index in [4.69, 9.17) is 9.84 Å². The molecule has 4 aromatic rings. The van der Waals surface area contributed by atoms with E-state index in [2.05, 4.69) is 31.2 Å². The van der Waals surface area contributed by atoms with Gasteiger partial charge in [-0.25, -0.2) is 19.2 Å². The Morgan fingerprint density at radius 2 is 1.91 bits per heavy atom. The molecule has 0 unspecified atom stereocenters. The molecule has 1 fully saturated rings. The number of fused-ring (bicyclic) bond motifs is 1. The summed E-state index contributed by atoms with van der Waals surface area (Å²) in [4.78, 5) is 46.7. The highest BCUT2D eigenvalue weighted by Gasteiger charge is 2.27. The summed E-state index contributed by atoms with van der Waals surface area (Å²) in [6, 6.07) is 6.76. The number of aryl methyl sites for hydroxylation is 1. The molecule has 0 bridgehead atoms. The molecule has 45 heavy (non-hydrogen) atoms. The zero-order valence-corrected chi connectivity index (χ0v) is 24.6. The summed E-state index contributed by atoms with van der Waals surface area (Å²) in [6.07, 6.45) is 5.08. The Hall–Kier alpha value is -5.31. The number of carbonyl (C=O) groups is 3. The maximum Gasteiger partial charge on any atom is 0.322 e. The van der Waals surface area contributed by atoms with E-state index in [0.29, 0.717) is 47.9 Å². The molecule has 1 aliphatic heterocycles. The Morgan fingerprint density at radius 3 is 2.67 bits per heavy atom. The molecule has 236 valence electrons. The minimum atomic E-state index is -1.09. The number of urea groups is 1. The lowest BCUT2D eigenvalue weighted by atomic mass is 10.0. The van der Waals surface area contributed by atoms with Crippen LogP contribution >= 0.6 is 0 Å². The second kappa shape index (κ2) is 13.5. The number of aromatic nitrogens is 3. The summed E-state index contributed by atoms with van der Waals surface area (Å²) in [6.45, 7) is 3.08. The van der Waals surface area contributed by atoms with Gasteiger partial charge in [0.15, 0.2) is 23.0 Å². The highest BCUT2D eigenvalue weighted by molar-refractivity contribution is 5.96. The zero-order valence-electron chi connectivity index (χ0n) is 24.6. The lowest BCUT2D eigenvalue weighted by Gasteiger charge is -2.31. The lowest BCUT2D eigenvalue weighted by molar-refractivity contribution is -0.140. The number of hydrogen-bond acceptors (Lipinski definition) is 8. The van der Waals surface area contributed by atoms with Crippen LogP contribution in [0.5, 0.6) is 5.75 Å². The molecule has 3 heterocycles. The topological polar surface area (TPSA) is 162 Å². The maximum atomic E-state index is 14.8. The number of carboxylic acid groups (broad SMARTS) is 1. The average Bonchev–Trinajstić information content (AvgIpc) is 3.49. The number of amides is 3. The Labute approximate surface area is 256 Å². The van der Waals surface area contributed by atoms with Crippen molar-refractivity contribution >= 4 is 35.1 Å². The first-order valence-electron chi connectivity index (χ1n) is 14.2. The van der Waals surface area contributed by atoms with Crippen molar-refractivity contribution in [3.63, 3.8) is 0 Å². The van der Waals surface area contributed by atoms with Crippen LogP contribution in [0.25, 0.3) is 16.9 Å². The highest BCUT2D eigenvalue weighted by atomic mass is 19.2. The zero-order chi connectivity index (χ0) is 32.1. The van der Waals surface area contributed by atoms with Crippen molar-refractivity contribution in [2.24, 2.45) is 0 Å². The van der Waals surface area contributed by atoms with E-state index < -0.39 is 29.7 Å². The first-order valence-corrected chi connectivity index (χ1v) is 14.2. The molecular weight excluding hydrogens is 590 g/mol. The number of nitrogens with zero attached hydrogens (tertiary/aromatic N) is 4. The van der Waals surface area contributed by atoms with Crippen LogP contribution in [0.4, 0.5) is 25.1 Å². The number of carboxylic acids is 1. The van der Waals surface area contributed by atoms with Crippen LogP contribution in [0.3, 0.4) is 0 Å².